The lowest BCUT2D eigenvalue weighted by Crippen LogP contribution is -2.44. The summed E-state index contributed by atoms with van der Waals surface area (Å²) < 4.78 is 74.0. The van der Waals surface area contributed by atoms with Gasteiger partial charge in [-0.05, 0) is 56.0 Å². The van der Waals surface area contributed by atoms with Crippen LogP contribution in [-0.4, -0.2) is 53.6 Å². The summed E-state index contributed by atoms with van der Waals surface area (Å²) in [5.74, 6) is -9.62. The molecule has 0 unspecified atom stereocenters. The molecule has 0 radical (unpaired) electrons. The molecule has 2 aromatic carbocycles. The summed E-state index contributed by atoms with van der Waals surface area (Å²) in [6.07, 6.45) is 5.39. The van der Waals surface area contributed by atoms with E-state index in [0.717, 1.165) is 12.0 Å². The van der Waals surface area contributed by atoms with E-state index in [-0.39, 0.29) is 16.4 Å². The van der Waals surface area contributed by atoms with Crippen molar-refractivity contribution in [2.45, 2.75) is 26.2 Å². The van der Waals surface area contributed by atoms with E-state index in [1.807, 2.05) is 31.2 Å². The van der Waals surface area contributed by atoms with Gasteiger partial charge in [0, 0.05) is 37.8 Å². The zero-order valence-corrected chi connectivity index (χ0v) is 20.9. The van der Waals surface area contributed by atoms with E-state index in [4.69, 9.17) is 17.0 Å². The van der Waals surface area contributed by atoms with Crippen LogP contribution in [0, 0.1) is 34.5 Å². The number of amides is 1. The number of benzene rings is 2. The van der Waals surface area contributed by atoms with Crippen molar-refractivity contribution in [2.75, 3.05) is 38.1 Å². The Morgan fingerprint density at radius 1 is 0.973 bits per heavy atom. The summed E-state index contributed by atoms with van der Waals surface area (Å²) >= 11 is 5.22. The third-order valence-corrected chi connectivity index (χ3v) is 7.29. The smallest absolute Gasteiger partial charge is 0.246 e. The molecule has 0 atom stereocenters. The normalized spacial score (nSPS) is 17.0. The van der Waals surface area contributed by atoms with Crippen LogP contribution in [0.1, 0.15) is 31.7 Å². The number of halogens is 5. The Bertz CT molecular complexity index is 1200. The summed E-state index contributed by atoms with van der Waals surface area (Å²) in [4.78, 5) is 16.2. The third kappa shape index (κ3) is 5.56. The molecule has 0 saturated carbocycles. The Morgan fingerprint density at radius 3 is 2.16 bits per heavy atom. The Morgan fingerprint density at radius 2 is 1.54 bits per heavy atom. The predicted octanol–water partition coefficient (Wildman–Crippen LogP) is 5.51. The van der Waals surface area contributed by atoms with Crippen molar-refractivity contribution in [3.8, 4) is 5.75 Å². The lowest BCUT2D eigenvalue weighted by Gasteiger charge is -2.39. The minimum atomic E-state index is -2.22. The zero-order chi connectivity index (χ0) is 26.7. The molecule has 2 heterocycles. The van der Waals surface area contributed by atoms with E-state index in [0.29, 0.717) is 51.4 Å². The number of carbonyl (C=O) groups excluding carboxylic acids is 1. The van der Waals surface area contributed by atoms with E-state index in [1.54, 1.807) is 15.9 Å². The van der Waals surface area contributed by atoms with Gasteiger partial charge in [0.1, 0.15) is 11.4 Å². The SMILES string of the molecule is CCOc1ccccc1C=CC(=O)N1CCC2(CC1)CCN(C(=S)Nc1c(F)c(F)c(F)c(F)c1F)C2. The molecule has 198 valence electrons. The maximum atomic E-state index is 14.0. The number of thiocarbonyl (C=S) groups is 1. The monoisotopic (exact) mass is 539 g/mol. The fourth-order valence-corrected chi connectivity index (χ4v) is 5.05. The van der Waals surface area contributed by atoms with Gasteiger partial charge in [-0.3, -0.25) is 4.79 Å². The second-order valence-electron chi connectivity index (χ2n) is 9.18. The van der Waals surface area contributed by atoms with E-state index >= 15 is 0 Å². The molecule has 0 aromatic heterocycles. The van der Waals surface area contributed by atoms with E-state index < -0.39 is 34.8 Å². The first-order valence-corrected chi connectivity index (χ1v) is 12.3. The fourth-order valence-electron chi connectivity index (χ4n) is 4.79. The van der Waals surface area contributed by atoms with E-state index in [2.05, 4.69) is 5.32 Å². The van der Waals surface area contributed by atoms with Gasteiger partial charge in [-0.25, -0.2) is 22.0 Å². The molecule has 1 N–H and O–H groups in total. The number of hydrogen-bond acceptors (Lipinski definition) is 3. The van der Waals surface area contributed by atoms with Gasteiger partial charge < -0.3 is 19.9 Å². The first-order valence-electron chi connectivity index (χ1n) is 11.9. The Labute approximate surface area is 216 Å². The highest BCUT2D eigenvalue weighted by molar-refractivity contribution is 7.80. The molecular weight excluding hydrogens is 513 g/mol. The van der Waals surface area contributed by atoms with Crippen molar-refractivity contribution < 1.29 is 31.5 Å². The lowest BCUT2D eigenvalue weighted by atomic mass is 9.78. The largest absolute Gasteiger partial charge is 0.493 e. The molecular formula is C26H26F5N3O2S. The van der Waals surface area contributed by atoms with Crippen LogP contribution in [0.3, 0.4) is 0 Å². The van der Waals surface area contributed by atoms with Crippen molar-refractivity contribution in [3.63, 3.8) is 0 Å². The van der Waals surface area contributed by atoms with Gasteiger partial charge in [0.05, 0.1) is 6.61 Å². The molecule has 2 saturated heterocycles. The highest BCUT2D eigenvalue weighted by Gasteiger charge is 2.42. The molecule has 37 heavy (non-hydrogen) atoms. The first-order chi connectivity index (χ1) is 17.7. The van der Waals surface area contributed by atoms with Crippen LogP contribution < -0.4 is 10.1 Å². The van der Waals surface area contributed by atoms with Gasteiger partial charge in [-0.15, -0.1) is 0 Å². The van der Waals surface area contributed by atoms with Crippen LogP contribution in [0.2, 0.25) is 0 Å². The maximum Gasteiger partial charge on any atom is 0.246 e. The molecule has 0 aliphatic carbocycles. The predicted molar refractivity (Wildman–Crippen MR) is 134 cm³/mol. The highest BCUT2D eigenvalue weighted by Crippen LogP contribution is 2.41. The number of hydrogen-bond donors (Lipinski definition) is 1. The standard InChI is InChI=1S/C26H26F5N3O2S/c1-2-36-17-6-4-3-5-16(17)7-8-18(35)33-12-9-26(10-13-33)11-14-34(15-26)25(37)32-24-22(30)20(28)19(27)21(29)23(24)31/h3-8H,2,9-15H2,1H3,(H,32,37). The average molecular weight is 540 g/mol. The van der Waals surface area contributed by atoms with Gasteiger partial charge in [0.2, 0.25) is 11.7 Å². The molecule has 11 heteroatoms. The molecule has 5 nitrogen and oxygen atoms in total. The molecule has 2 fully saturated rings. The minimum Gasteiger partial charge on any atom is -0.493 e. The number of ether oxygens (including phenoxy) is 1. The molecule has 0 bridgehead atoms. The number of para-hydroxylation sites is 1. The van der Waals surface area contributed by atoms with E-state index in [9.17, 15) is 26.7 Å². The fraction of sp³-hybridized carbons (Fsp3) is 0.385. The van der Waals surface area contributed by atoms with Gasteiger partial charge in [0.25, 0.3) is 0 Å². The number of likely N-dealkylation sites (tertiary alicyclic amines) is 2. The quantitative estimate of drug-likeness (QED) is 0.179. The Balaban J connectivity index is 1.34. The van der Waals surface area contributed by atoms with Gasteiger partial charge in [-0.1, -0.05) is 18.2 Å². The summed E-state index contributed by atoms with van der Waals surface area (Å²) in [5, 5.41) is 2.08. The van der Waals surface area contributed by atoms with Crippen molar-refractivity contribution in [3.05, 3.63) is 65.0 Å². The van der Waals surface area contributed by atoms with Gasteiger partial charge >= 0.3 is 0 Å². The average Bonchev–Trinajstić information content (AvgIpc) is 3.32. The molecule has 2 aliphatic rings. The summed E-state index contributed by atoms with van der Waals surface area (Å²) in [6, 6.07) is 7.45. The molecule has 2 aromatic rings. The van der Waals surface area contributed by atoms with Crippen molar-refractivity contribution >= 4 is 35.0 Å². The summed E-state index contributed by atoms with van der Waals surface area (Å²) in [7, 11) is 0. The number of nitrogens with zero attached hydrogens (tertiary/aromatic N) is 2. The van der Waals surface area contributed by atoms with Crippen LogP contribution >= 0.6 is 12.2 Å². The van der Waals surface area contributed by atoms with Crippen LogP contribution in [0.5, 0.6) is 5.75 Å². The lowest BCUT2D eigenvalue weighted by molar-refractivity contribution is -0.128. The molecule has 2 aliphatic heterocycles. The minimum absolute atomic E-state index is 0.112. The second-order valence-corrected chi connectivity index (χ2v) is 9.56. The molecule has 1 amide bonds. The van der Waals surface area contributed by atoms with Crippen LogP contribution in [-0.2, 0) is 4.79 Å². The topological polar surface area (TPSA) is 44.8 Å². The van der Waals surface area contributed by atoms with Crippen molar-refractivity contribution in [1.82, 2.24) is 9.80 Å². The zero-order valence-electron chi connectivity index (χ0n) is 20.1. The van der Waals surface area contributed by atoms with Crippen molar-refractivity contribution in [1.29, 1.82) is 0 Å². The van der Waals surface area contributed by atoms with Crippen LogP contribution in [0.15, 0.2) is 30.3 Å². The number of piperidine rings is 1. The Hall–Kier alpha value is -3.21. The Kier molecular flexibility index (Phi) is 8.01. The number of carbonyl (C=O) groups is 1. The molecule has 1 spiro atoms. The third-order valence-electron chi connectivity index (χ3n) is 6.93. The van der Waals surface area contributed by atoms with E-state index in [1.165, 1.54) is 6.08 Å². The van der Waals surface area contributed by atoms with Crippen LogP contribution in [0.25, 0.3) is 6.08 Å². The van der Waals surface area contributed by atoms with Gasteiger partial charge in [0.15, 0.2) is 28.4 Å². The number of anilines is 1. The van der Waals surface area contributed by atoms with Crippen LogP contribution in [0.4, 0.5) is 27.6 Å². The number of rotatable bonds is 5. The molecule has 4 rings (SSSR count). The summed E-state index contributed by atoms with van der Waals surface area (Å²) in [5.41, 5.74) is -0.516. The summed E-state index contributed by atoms with van der Waals surface area (Å²) in [6.45, 7) is 4.38. The number of nitrogens with one attached hydrogen (secondary N) is 1. The van der Waals surface area contributed by atoms with Gasteiger partial charge in [-0.2, -0.15) is 0 Å². The second kappa shape index (κ2) is 11.0. The highest BCUT2D eigenvalue weighted by atomic mass is 32.1. The first kappa shape index (κ1) is 26.8. The van der Waals surface area contributed by atoms with Crippen molar-refractivity contribution in [2.24, 2.45) is 5.41 Å². The maximum absolute atomic E-state index is 14.0.